The lowest BCUT2D eigenvalue weighted by molar-refractivity contribution is -0.134. The van der Waals surface area contributed by atoms with E-state index in [1.807, 2.05) is 66.7 Å². The maximum atomic E-state index is 13.6. The van der Waals surface area contributed by atoms with Crippen molar-refractivity contribution in [2.45, 2.75) is 11.8 Å². The molecule has 0 unspecified atom stereocenters. The van der Waals surface area contributed by atoms with E-state index in [2.05, 4.69) is 10.3 Å². The Morgan fingerprint density at radius 2 is 1.67 bits per heavy atom. The largest absolute Gasteiger partial charge is 0.332 e. The normalized spacial score (nSPS) is 14.9. The van der Waals surface area contributed by atoms with Gasteiger partial charge in [-0.25, -0.2) is 4.98 Å². The molecule has 0 saturated carbocycles. The highest BCUT2D eigenvalue weighted by atomic mass is 16.2. The lowest BCUT2D eigenvalue weighted by Gasteiger charge is -2.29. The van der Waals surface area contributed by atoms with Gasteiger partial charge < -0.3 is 10.2 Å². The summed E-state index contributed by atoms with van der Waals surface area (Å²) < 4.78 is 0. The average Bonchev–Trinajstić information content (AvgIpc) is 3.12. The predicted molar refractivity (Wildman–Crippen MR) is 112 cm³/mol. The van der Waals surface area contributed by atoms with Crippen LogP contribution in [0, 0.1) is 11.3 Å². The number of benzene rings is 2. The summed E-state index contributed by atoms with van der Waals surface area (Å²) in [5.41, 5.74) is 1.48. The van der Waals surface area contributed by atoms with Crippen LogP contribution in [0.2, 0.25) is 0 Å². The fourth-order valence-electron chi connectivity index (χ4n) is 3.97. The summed E-state index contributed by atoms with van der Waals surface area (Å²) in [6, 6.07) is 24.6. The smallest absolute Gasteiger partial charge is 0.245 e. The lowest BCUT2D eigenvalue weighted by atomic mass is 9.73. The van der Waals surface area contributed by atoms with E-state index >= 15 is 0 Å². The molecule has 6 heteroatoms. The number of amides is 2. The molecule has 0 bridgehead atoms. The number of hydrogen-bond acceptors (Lipinski definition) is 4. The number of aromatic nitrogens is 1. The van der Waals surface area contributed by atoms with E-state index in [1.54, 1.807) is 17.0 Å². The molecule has 3 aromatic rings. The van der Waals surface area contributed by atoms with E-state index in [0.717, 1.165) is 11.1 Å². The van der Waals surface area contributed by atoms with Gasteiger partial charge in [0.1, 0.15) is 17.3 Å². The van der Waals surface area contributed by atoms with E-state index in [-0.39, 0.29) is 18.4 Å². The maximum Gasteiger partial charge on any atom is 0.245 e. The zero-order chi connectivity index (χ0) is 21.0. The third-order valence-corrected chi connectivity index (χ3v) is 5.44. The van der Waals surface area contributed by atoms with Crippen LogP contribution in [0.5, 0.6) is 0 Å². The molecule has 0 spiro atoms. The zero-order valence-corrected chi connectivity index (χ0v) is 16.3. The fourth-order valence-corrected chi connectivity index (χ4v) is 3.97. The van der Waals surface area contributed by atoms with E-state index < -0.39 is 5.41 Å². The Morgan fingerprint density at radius 3 is 2.20 bits per heavy atom. The molecule has 6 nitrogen and oxygen atoms in total. The van der Waals surface area contributed by atoms with Gasteiger partial charge in [0.2, 0.25) is 11.8 Å². The molecule has 2 amide bonds. The Bertz CT molecular complexity index is 1050. The maximum absolute atomic E-state index is 13.6. The van der Waals surface area contributed by atoms with Crippen molar-refractivity contribution in [1.82, 2.24) is 9.88 Å². The van der Waals surface area contributed by atoms with Gasteiger partial charge >= 0.3 is 0 Å². The van der Waals surface area contributed by atoms with E-state index in [4.69, 9.17) is 5.26 Å². The fraction of sp³-hybridized carbons (Fsp3) is 0.167. The van der Waals surface area contributed by atoms with Crippen molar-refractivity contribution in [3.05, 3.63) is 95.7 Å². The first-order valence-electron chi connectivity index (χ1n) is 9.70. The van der Waals surface area contributed by atoms with Crippen LogP contribution in [0.3, 0.4) is 0 Å². The molecule has 4 rings (SSSR count). The predicted octanol–water partition coefficient (Wildman–Crippen LogP) is 3.11. The Balaban J connectivity index is 1.56. The molecule has 1 fully saturated rings. The first-order chi connectivity index (χ1) is 14.6. The molecule has 1 aromatic heterocycles. The van der Waals surface area contributed by atoms with E-state index in [9.17, 15) is 9.59 Å². The van der Waals surface area contributed by atoms with Gasteiger partial charge in [0.25, 0.3) is 0 Å². The molecule has 30 heavy (non-hydrogen) atoms. The van der Waals surface area contributed by atoms with Crippen molar-refractivity contribution in [3.63, 3.8) is 0 Å². The molecule has 2 aromatic carbocycles. The van der Waals surface area contributed by atoms with Gasteiger partial charge in [-0.05, 0) is 29.7 Å². The second-order valence-electron chi connectivity index (χ2n) is 7.21. The van der Waals surface area contributed by atoms with Gasteiger partial charge in [0, 0.05) is 12.7 Å². The van der Waals surface area contributed by atoms with Gasteiger partial charge in [-0.3, -0.25) is 9.59 Å². The number of rotatable bonds is 5. The van der Waals surface area contributed by atoms with E-state index in [1.165, 1.54) is 6.20 Å². The molecule has 1 saturated heterocycles. The molecule has 1 aliphatic heterocycles. The summed E-state index contributed by atoms with van der Waals surface area (Å²) >= 11 is 0. The quantitative estimate of drug-likeness (QED) is 0.718. The summed E-state index contributed by atoms with van der Waals surface area (Å²) in [7, 11) is 0. The van der Waals surface area contributed by atoms with Crippen LogP contribution in [0.15, 0.2) is 79.0 Å². The first-order valence-corrected chi connectivity index (χ1v) is 9.70. The molecule has 2 heterocycles. The molecule has 1 N–H and O–H groups in total. The molecular weight excluding hydrogens is 376 g/mol. The topological polar surface area (TPSA) is 86.1 Å². The minimum absolute atomic E-state index is 0.0536. The number of likely N-dealkylation sites (tertiary alicyclic amines) is 1. The van der Waals surface area contributed by atoms with Gasteiger partial charge in [-0.2, -0.15) is 5.26 Å². The number of nitriles is 1. The van der Waals surface area contributed by atoms with Gasteiger partial charge in [0.05, 0.1) is 12.1 Å². The van der Waals surface area contributed by atoms with Crippen LogP contribution in [0.4, 0.5) is 5.82 Å². The SMILES string of the molecule is N#Cc1ccc(NC(=O)CN2CCC(c3ccccc3)(c3ccccc3)C2=O)nc1. The second-order valence-corrected chi connectivity index (χ2v) is 7.21. The van der Waals surface area contributed by atoms with E-state index in [0.29, 0.717) is 24.3 Å². The number of carbonyl (C=O) groups excluding carboxylic acids is 2. The number of hydrogen-bond donors (Lipinski definition) is 1. The third kappa shape index (κ3) is 3.53. The van der Waals surface area contributed by atoms with Crippen LogP contribution < -0.4 is 5.32 Å². The average molecular weight is 396 g/mol. The molecule has 0 radical (unpaired) electrons. The Labute approximate surface area is 174 Å². The minimum Gasteiger partial charge on any atom is -0.332 e. The highest BCUT2D eigenvalue weighted by Gasteiger charge is 2.49. The van der Waals surface area contributed by atoms with Gasteiger partial charge in [-0.1, -0.05) is 60.7 Å². The molecule has 1 aliphatic rings. The first kappa shape index (κ1) is 19.3. The minimum atomic E-state index is -0.796. The molecular formula is C24H20N4O2. The van der Waals surface area contributed by atoms with Crippen LogP contribution in [0.25, 0.3) is 0 Å². The molecule has 0 aliphatic carbocycles. The highest BCUT2D eigenvalue weighted by molar-refractivity contribution is 5.99. The summed E-state index contributed by atoms with van der Waals surface area (Å²) in [4.78, 5) is 31.8. The summed E-state index contributed by atoms with van der Waals surface area (Å²) in [5.74, 6) is -0.0525. The van der Waals surface area contributed by atoms with Gasteiger partial charge in [-0.15, -0.1) is 0 Å². The lowest BCUT2D eigenvalue weighted by Crippen LogP contribution is -2.42. The van der Waals surface area contributed by atoms with Crippen LogP contribution in [0.1, 0.15) is 23.1 Å². The number of anilines is 1. The highest BCUT2D eigenvalue weighted by Crippen LogP contribution is 2.41. The van der Waals surface area contributed by atoms with Crippen molar-refractivity contribution in [2.24, 2.45) is 0 Å². The third-order valence-electron chi connectivity index (χ3n) is 5.44. The number of nitrogens with one attached hydrogen (secondary N) is 1. The van der Waals surface area contributed by atoms with Crippen molar-refractivity contribution >= 4 is 17.6 Å². The zero-order valence-electron chi connectivity index (χ0n) is 16.3. The van der Waals surface area contributed by atoms with Crippen LogP contribution in [-0.4, -0.2) is 34.8 Å². The summed E-state index contributed by atoms with van der Waals surface area (Å²) in [5, 5.41) is 11.5. The second kappa shape index (κ2) is 8.18. The Hall–Kier alpha value is -3.98. The summed E-state index contributed by atoms with van der Waals surface area (Å²) in [6.45, 7) is 0.429. The van der Waals surface area contributed by atoms with Crippen LogP contribution in [-0.2, 0) is 15.0 Å². The van der Waals surface area contributed by atoms with Crippen molar-refractivity contribution in [1.29, 1.82) is 5.26 Å². The Morgan fingerprint density at radius 1 is 1.03 bits per heavy atom. The number of nitrogens with zero attached hydrogens (tertiary/aromatic N) is 3. The van der Waals surface area contributed by atoms with Crippen molar-refractivity contribution in [2.75, 3.05) is 18.4 Å². The van der Waals surface area contributed by atoms with Crippen molar-refractivity contribution < 1.29 is 9.59 Å². The van der Waals surface area contributed by atoms with Crippen molar-refractivity contribution in [3.8, 4) is 6.07 Å². The van der Waals surface area contributed by atoms with Gasteiger partial charge in [0.15, 0.2) is 0 Å². The molecule has 148 valence electrons. The molecule has 0 atom stereocenters. The number of pyridine rings is 1. The van der Waals surface area contributed by atoms with Crippen LogP contribution >= 0.6 is 0 Å². The number of carbonyl (C=O) groups is 2. The standard InChI is InChI=1S/C24H20N4O2/c25-15-18-11-12-21(26-16-18)27-22(29)17-28-14-13-24(23(28)30,19-7-3-1-4-8-19)20-9-5-2-6-10-20/h1-12,16H,13-14,17H2,(H,26,27,29). The monoisotopic (exact) mass is 396 g/mol. The Kier molecular flexibility index (Phi) is 5.27. The summed E-state index contributed by atoms with van der Waals surface area (Å²) in [6.07, 6.45) is 1.99.